The molecule has 4 aliphatic rings. The van der Waals surface area contributed by atoms with E-state index in [2.05, 4.69) is 5.32 Å². The van der Waals surface area contributed by atoms with Gasteiger partial charge in [-0.2, -0.15) is 0 Å². The van der Waals surface area contributed by atoms with E-state index in [4.69, 9.17) is 4.74 Å². The van der Waals surface area contributed by atoms with E-state index in [1.807, 2.05) is 0 Å². The predicted molar refractivity (Wildman–Crippen MR) is 92.3 cm³/mol. The fraction of sp³-hybridized carbons (Fsp3) is 0.632. The number of carbonyl (C=O) groups is 1. The number of carbonyl (C=O) groups excluding carboxylic acids is 1. The van der Waals surface area contributed by atoms with Gasteiger partial charge in [0, 0.05) is 17.7 Å². The zero-order valence-electron chi connectivity index (χ0n) is 14.3. The highest BCUT2D eigenvalue weighted by Gasteiger charge is 2.51. The van der Waals surface area contributed by atoms with Crippen LogP contribution in [0.5, 0.6) is 5.75 Å². The molecule has 1 N–H and O–H groups in total. The molecule has 0 aromatic heterocycles. The molecule has 134 valence electrons. The summed E-state index contributed by atoms with van der Waals surface area (Å²) >= 11 is 0. The lowest BCUT2D eigenvalue weighted by Gasteiger charge is -2.56. The lowest BCUT2D eigenvalue weighted by atomic mass is 9.53. The smallest absolute Gasteiger partial charge is 0.269 e. The molecule has 6 nitrogen and oxygen atoms in total. The van der Waals surface area contributed by atoms with Gasteiger partial charge < -0.3 is 10.1 Å². The molecule has 0 aliphatic heterocycles. The van der Waals surface area contributed by atoms with Crippen LogP contribution in [0, 0.1) is 27.9 Å². The third-order valence-electron chi connectivity index (χ3n) is 6.09. The number of ether oxygens (including phenoxy) is 1. The second-order valence-corrected chi connectivity index (χ2v) is 8.10. The fourth-order valence-corrected chi connectivity index (χ4v) is 5.55. The Morgan fingerprint density at radius 2 is 1.68 bits per heavy atom. The summed E-state index contributed by atoms with van der Waals surface area (Å²) in [5, 5.41) is 14.0. The van der Waals surface area contributed by atoms with Crippen molar-refractivity contribution in [2.75, 3.05) is 6.61 Å². The zero-order valence-corrected chi connectivity index (χ0v) is 14.3. The minimum absolute atomic E-state index is 0.0342. The highest BCUT2D eigenvalue weighted by Crippen LogP contribution is 2.55. The summed E-state index contributed by atoms with van der Waals surface area (Å²) in [6.45, 7) is 0.288. The first-order valence-electron chi connectivity index (χ1n) is 9.20. The van der Waals surface area contributed by atoms with Crippen molar-refractivity contribution in [1.29, 1.82) is 0 Å². The van der Waals surface area contributed by atoms with Crippen molar-refractivity contribution in [3.8, 4) is 5.75 Å². The molecule has 4 fully saturated rings. The number of hydrogen-bond donors (Lipinski definition) is 1. The van der Waals surface area contributed by atoms with Crippen molar-refractivity contribution in [2.45, 2.75) is 50.5 Å². The summed E-state index contributed by atoms with van der Waals surface area (Å²) in [6.07, 6.45) is 7.84. The van der Waals surface area contributed by atoms with Crippen LogP contribution in [0.15, 0.2) is 24.3 Å². The molecular formula is C19H24N2O4. The number of non-ortho nitro benzene ring substituents is 1. The van der Waals surface area contributed by atoms with Gasteiger partial charge in [-0.25, -0.2) is 0 Å². The topological polar surface area (TPSA) is 81.5 Å². The van der Waals surface area contributed by atoms with Gasteiger partial charge in [-0.15, -0.1) is 0 Å². The van der Waals surface area contributed by atoms with Crippen molar-refractivity contribution in [1.82, 2.24) is 5.32 Å². The third kappa shape index (κ3) is 3.48. The predicted octanol–water partition coefficient (Wildman–Crippen LogP) is 3.45. The van der Waals surface area contributed by atoms with E-state index in [0.717, 1.165) is 37.0 Å². The van der Waals surface area contributed by atoms with E-state index in [1.54, 1.807) is 12.1 Å². The third-order valence-corrected chi connectivity index (χ3v) is 6.09. The number of benzene rings is 1. The zero-order chi connectivity index (χ0) is 17.4. The van der Waals surface area contributed by atoms with E-state index in [1.165, 1.54) is 31.4 Å². The van der Waals surface area contributed by atoms with E-state index < -0.39 is 4.92 Å². The Morgan fingerprint density at radius 3 is 2.20 bits per heavy atom. The quantitative estimate of drug-likeness (QED) is 0.633. The summed E-state index contributed by atoms with van der Waals surface area (Å²) < 4.78 is 5.55. The molecule has 25 heavy (non-hydrogen) atoms. The summed E-state index contributed by atoms with van der Waals surface area (Å²) in [4.78, 5) is 22.6. The highest BCUT2D eigenvalue weighted by atomic mass is 16.6. The number of nitro groups is 1. The molecule has 6 heteroatoms. The first-order chi connectivity index (χ1) is 12.0. The van der Waals surface area contributed by atoms with Crippen LogP contribution in [-0.4, -0.2) is 23.0 Å². The van der Waals surface area contributed by atoms with E-state index in [0.29, 0.717) is 12.2 Å². The molecule has 5 rings (SSSR count). The molecule has 0 saturated heterocycles. The average Bonchev–Trinajstić information content (AvgIpc) is 2.53. The number of amides is 1. The number of nitrogens with zero attached hydrogens (tertiary/aromatic N) is 1. The molecule has 4 aliphatic carbocycles. The Bertz CT molecular complexity index is 635. The van der Waals surface area contributed by atoms with Gasteiger partial charge in [-0.05, 0) is 68.4 Å². The number of hydrogen-bond acceptors (Lipinski definition) is 4. The molecule has 4 bridgehead atoms. The second-order valence-electron chi connectivity index (χ2n) is 8.10. The Kier molecular flexibility index (Phi) is 4.13. The standard InChI is InChI=1S/C19H24N2O4/c22-18(5-6-25-17-3-1-16(2-4-17)21(23)24)20-19-10-13-7-14(11-19)9-15(8-13)12-19/h1-4,13-15H,5-12H2,(H,20,22). The molecule has 0 atom stereocenters. The summed E-state index contributed by atoms with van der Waals surface area (Å²) in [5.74, 6) is 3.03. The maximum atomic E-state index is 12.4. The molecule has 0 spiro atoms. The van der Waals surface area contributed by atoms with Crippen molar-refractivity contribution >= 4 is 11.6 Å². The Hall–Kier alpha value is -2.11. The van der Waals surface area contributed by atoms with Crippen LogP contribution in [-0.2, 0) is 4.79 Å². The van der Waals surface area contributed by atoms with Crippen molar-refractivity contribution < 1.29 is 14.5 Å². The summed E-state index contributed by atoms with van der Waals surface area (Å²) in [6, 6.07) is 5.94. The fourth-order valence-electron chi connectivity index (χ4n) is 5.55. The minimum atomic E-state index is -0.442. The van der Waals surface area contributed by atoms with Gasteiger partial charge in [0.2, 0.25) is 5.91 Å². The van der Waals surface area contributed by atoms with Gasteiger partial charge >= 0.3 is 0 Å². The Balaban J connectivity index is 1.26. The van der Waals surface area contributed by atoms with Crippen molar-refractivity contribution in [3.63, 3.8) is 0 Å². The maximum Gasteiger partial charge on any atom is 0.269 e. The first-order valence-corrected chi connectivity index (χ1v) is 9.20. The lowest BCUT2D eigenvalue weighted by Crippen LogP contribution is -2.59. The van der Waals surface area contributed by atoms with Crippen LogP contribution >= 0.6 is 0 Å². The molecule has 0 unspecified atom stereocenters. The van der Waals surface area contributed by atoms with E-state index >= 15 is 0 Å². The molecule has 1 amide bonds. The highest BCUT2D eigenvalue weighted by molar-refractivity contribution is 5.77. The van der Waals surface area contributed by atoms with Gasteiger partial charge in [-0.1, -0.05) is 0 Å². The monoisotopic (exact) mass is 344 g/mol. The lowest BCUT2D eigenvalue weighted by molar-refractivity contribution is -0.384. The van der Waals surface area contributed by atoms with E-state index in [9.17, 15) is 14.9 Å². The molecule has 1 aromatic carbocycles. The summed E-state index contributed by atoms with van der Waals surface area (Å²) in [5.41, 5.74) is 0.0750. The largest absolute Gasteiger partial charge is 0.493 e. The number of rotatable bonds is 6. The van der Waals surface area contributed by atoms with Gasteiger partial charge in [0.25, 0.3) is 5.69 Å². The van der Waals surface area contributed by atoms with Crippen molar-refractivity contribution in [3.05, 3.63) is 34.4 Å². The van der Waals surface area contributed by atoms with Crippen LogP contribution in [0.1, 0.15) is 44.9 Å². The van der Waals surface area contributed by atoms with Gasteiger partial charge in [0.05, 0.1) is 18.0 Å². The molecule has 0 radical (unpaired) electrons. The minimum Gasteiger partial charge on any atom is -0.493 e. The molecule has 0 heterocycles. The van der Waals surface area contributed by atoms with Crippen LogP contribution in [0.2, 0.25) is 0 Å². The average molecular weight is 344 g/mol. The number of nitro benzene ring substituents is 1. The van der Waals surface area contributed by atoms with Gasteiger partial charge in [-0.3, -0.25) is 14.9 Å². The molecule has 4 saturated carbocycles. The van der Waals surface area contributed by atoms with Crippen LogP contribution < -0.4 is 10.1 Å². The molecular weight excluding hydrogens is 320 g/mol. The van der Waals surface area contributed by atoms with Crippen LogP contribution in [0.3, 0.4) is 0 Å². The van der Waals surface area contributed by atoms with Crippen LogP contribution in [0.4, 0.5) is 5.69 Å². The molecule has 1 aromatic rings. The Morgan fingerprint density at radius 1 is 1.12 bits per heavy atom. The van der Waals surface area contributed by atoms with Gasteiger partial charge in [0.1, 0.15) is 5.75 Å². The summed E-state index contributed by atoms with van der Waals surface area (Å²) in [7, 11) is 0. The maximum absolute atomic E-state index is 12.4. The van der Waals surface area contributed by atoms with Crippen molar-refractivity contribution in [2.24, 2.45) is 17.8 Å². The number of nitrogens with one attached hydrogen (secondary N) is 1. The second kappa shape index (κ2) is 6.32. The van der Waals surface area contributed by atoms with Crippen LogP contribution in [0.25, 0.3) is 0 Å². The Labute approximate surface area is 147 Å². The first kappa shape index (κ1) is 16.4. The van der Waals surface area contributed by atoms with Gasteiger partial charge in [0.15, 0.2) is 0 Å². The van der Waals surface area contributed by atoms with E-state index in [-0.39, 0.29) is 23.7 Å². The normalized spacial score (nSPS) is 32.4. The SMILES string of the molecule is O=C(CCOc1ccc([N+](=O)[O-])cc1)NC12CC3CC(CC(C3)C1)C2.